The van der Waals surface area contributed by atoms with Gasteiger partial charge in [0, 0.05) is 17.6 Å². The smallest absolute Gasteiger partial charge is 0.243 e. The minimum absolute atomic E-state index is 0.0982. The van der Waals surface area contributed by atoms with Gasteiger partial charge in [0.1, 0.15) is 6.04 Å². The molecule has 0 radical (unpaired) electrons. The first-order valence-electron chi connectivity index (χ1n) is 11.2. The molecular weight excluding hydrogens is 467 g/mol. The van der Waals surface area contributed by atoms with Gasteiger partial charge in [-0.1, -0.05) is 79.2 Å². The van der Waals surface area contributed by atoms with Crippen molar-refractivity contribution >= 4 is 46.6 Å². The van der Waals surface area contributed by atoms with E-state index in [0.717, 1.165) is 36.8 Å². The Morgan fingerprint density at radius 2 is 1.75 bits per heavy atom. The van der Waals surface area contributed by atoms with E-state index in [4.69, 9.17) is 34.8 Å². The lowest BCUT2D eigenvalue weighted by Gasteiger charge is -2.33. The molecule has 2 aromatic carbocycles. The van der Waals surface area contributed by atoms with Crippen LogP contribution in [0.2, 0.25) is 15.1 Å². The first-order valence-corrected chi connectivity index (χ1v) is 12.3. The van der Waals surface area contributed by atoms with Gasteiger partial charge in [-0.3, -0.25) is 9.59 Å². The summed E-state index contributed by atoms with van der Waals surface area (Å²) in [6.45, 7) is 2.20. The zero-order valence-corrected chi connectivity index (χ0v) is 20.5. The molecule has 2 amide bonds. The van der Waals surface area contributed by atoms with Crippen LogP contribution in [0.4, 0.5) is 0 Å². The summed E-state index contributed by atoms with van der Waals surface area (Å²) in [5.74, 6) is -0.233. The van der Waals surface area contributed by atoms with E-state index in [1.54, 1.807) is 29.2 Å². The molecular formula is C25H29Cl3N2O2. The Labute approximate surface area is 205 Å². The van der Waals surface area contributed by atoms with Gasteiger partial charge < -0.3 is 10.2 Å². The van der Waals surface area contributed by atoms with Crippen molar-refractivity contribution < 1.29 is 9.59 Å². The van der Waals surface area contributed by atoms with Crippen molar-refractivity contribution in [3.8, 4) is 0 Å². The van der Waals surface area contributed by atoms with Crippen molar-refractivity contribution in [2.24, 2.45) is 0 Å². The molecule has 32 heavy (non-hydrogen) atoms. The average Bonchev–Trinajstić information content (AvgIpc) is 2.76. The third-order valence-electron chi connectivity index (χ3n) is 5.92. The Hall–Kier alpha value is -1.75. The molecule has 1 saturated carbocycles. The van der Waals surface area contributed by atoms with Gasteiger partial charge in [0.25, 0.3) is 0 Å². The van der Waals surface area contributed by atoms with Gasteiger partial charge in [-0.2, -0.15) is 0 Å². The van der Waals surface area contributed by atoms with Crippen molar-refractivity contribution in [3.63, 3.8) is 0 Å². The van der Waals surface area contributed by atoms with E-state index in [9.17, 15) is 9.59 Å². The predicted octanol–water partition coefficient (Wildman–Crippen LogP) is 6.45. The molecule has 3 rings (SSSR count). The fourth-order valence-electron chi connectivity index (χ4n) is 4.22. The Bertz CT molecular complexity index is 945. The highest BCUT2D eigenvalue weighted by Crippen LogP contribution is 2.25. The normalized spacial score (nSPS) is 15.2. The minimum atomic E-state index is -0.571. The van der Waals surface area contributed by atoms with Crippen LogP contribution in [0.5, 0.6) is 0 Å². The molecule has 0 bridgehead atoms. The number of carbonyl (C=O) groups excluding carboxylic acids is 2. The van der Waals surface area contributed by atoms with Gasteiger partial charge >= 0.3 is 0 Å². The molecule has 7 heteroatoms. The summed E-state index contributed by atoms with van der Waals surface area (Å²) in [5, 5.41) is 4.64. The molecule has 0 saturated heterocycles. The van der Waals surface area contributed by atoms with E-state index < -0.39 is 6.04 Å². The first-order chi connectivity index (χ1) is 15.4. The number of nitrogens with one attached hydrogen (secondary N) is 1. The van der Waals surface area contributed by atoms with E-state index in [-0.39, 0.29) is 30.8 Å². The maximum Gasteiger partial charge on any atom is 0.243 e. The summed E-state index contributed by atoms with van der Waals surface area (Å²) in [4.78, 5) is 28.3. The number of carbonyl (C=O) groups is 2. The molecule has 172 valence electrons. The van der Waals surface area contributed by atoms with E-state index in [2.05, 4.69) is 5.32 Å². The molecule has 1 aliphatic carbocycles. The highest BCUT2D eigenvalue weighted by molar-refractivity contribution is 6.42. The molecule has 0 heterocycles. The highest BCUT2D eigenvalue weighted by Gasteiger charge is 2.30. The van der Waals surface area contributed by atoms with Crippen LogP contribution in [-0.4, -0.2) is 28.8 Å². The summed E-state index contributed by atoms with van der Waals surface area (Å²) in [6.07, 6.45) is 6.13. The van der Waals surface area contributed by atoms with Crippen LogP contribution in [-0.2, 0) is 22.6 Å². The number of halogens is 3. The van der Waals surface area contributed by atoms with E-state index in [0.29, 0.717) is 21.5 Å². The summed E-state index contributed by atoms with van der Waals surface area (Å²) in [6, 6.07) is 12.1. The third-order valence-corrected chi connectivity index (χ3v) is 6.89. The predicted molar refractivity (Wildman–Crippen MR) is 131 cm³/mol. The molecule has 0 spiro atoms. The number of hydrogen-bond donors (Lipinski definition) is 1. The molecule has 0 aliphatic heterocycles. The molecule has 1 fully saturated rings. The highest BCUT2D eigenvalue weighted by atomic mass is 35.5. The van der Waals surface area contributed by atoms with Crippen LogP contribution in [0.25, 0.3) is 0 Å². The topological polar surface area (TPSA) is 49.4 Å². The minimum Gasteiger partial charge on any atom is -0.352 e. The van der Waals surface area contributed by atoms with Gasteiger partial charge in [0.2, 0.25) is 11.8 Å². The van der Waals surface area contributed by atoms with Crippen LogP contribution in [0, 0.1) is 0 Å². The Morgan fingerprint density at radius 3 is 2.41 bits per heavy atom. The van der Waals surface area contributed by atoms with Crippen molar-refractivity contribution in [2.45, 2.75) is 70.5 Å². The number of hydrogen-bond acceptors (Lipinski definition) is 2. The summed E-state index contributed by atoms with van der Waals surface area (Å²) in [7, 11) is 0. The Morgan fingerprint density at radius 1 is 1.00 bits per heavy atom. The largest absolute Gasteiger partial charge is 0.352 e. The van der Waals surface area contributed by atoms with Gasteiger partial charge in [0.15, 0.2) is 0 Å². The van der Waals surface area contributed by atoms with Crippen molar-refractivity contribution in [2.75, 3.05) is 0 Å². The lowest BCUT2D eigenvalue weighted by molar-refractivity contribution is -0.141. The molecule has 2 aromatic rings. The first kappa shape index (κ1) is 24.9. The second-order valence-corrected chi connectivity index (χ2v) is 9.60. The maximum absolute atomic E-state index is 13.4. The van der Waals surface area contributed by atoms with Crippen LogP contribution < -0.4 is 5.32 Å². The SMILES string of the molecule is CC[C@H](C(=O)NC1CCCCC1)N(Cc1ccc(Cl)c(Cl)c1)C(=O)Cc1cccc(Cl)c1. The standard InChI is InChI=1S/C25H29Cl3N2O2/c1-2-23(25(32)29-20-9-4-3-5-10-20)30(16-18-11-12-21(27)22(28)14-18)24(31)15-17-7-6-8-19(26)13-17/h6-8,11-14,20,23H,2-5,9-10,15-16H2,1H3,(H,29,32)/t23-/m1/s1. The van der Waals surface area contributed by atoms with E-state index in [1.807, 2.05) is 25.1 Å². The number of nitrogens with zero attached hydrogens (tertiary/aromatic N) is 1. The lowest BCUT2D eigenvalue weighted by atomic mass is 9.95. The lowest BCUT2D eigenvalue weighted by Crippen LogP contribution is -2.51. The number of benzene rings is 2. The quantitative estimate of drug-likeness (QED) is 0.458. The van der Waals surface area contributed by atoms with Crippen molar-refractivity contribution in [1.82, 2.24) is 10.2 Å². The molecule has 0 unspecified atom stereocenters. The van der Waals surface area contributed by atoms with Crippen molar-refractivity contribution in [3.05, 3.63) is 68.7 Å². The van der Waals surface area contributed by atoms with Crippen molar-refractivity contribution in [1.29, 1.82) is 0 Å². The molecule has 1 aliphatic rings. The van der Waals surface area contributed by atoms with Gasteiger partial charge in [-0.05, 0) is 54.7 Å². The third kappa shape index (κ3) is 6.87. The maximum atomic E-state index is 13.4. The Balaban J connectivity index is 1.83. The average molecular weight is 496 g/mol. The second-order valence-electron chi connectivity index (χ2n) is 8.34. The van der Waals surface area contributed by atoms with Crippen LogP contribution in [0.3, 0.4) is 0 Å². The van der Waals surface area contributed by atoms with Gasteiger partial charge in [-0.25, -0.2) is 0 Å². The summed E-state index contributed by atoms with van der Waals surface area (Å²) < 4.78 is 0. The zero-order valence-electron chi connectivity index (χ0n) is 18.3. The second kappa shape index (κ2) is 11.9. The molecule has 4 nitrogen and oxygen atoms in total. The number of rotatable bonds is 8. The van der Waals surface area contributed by atoms with E-state index >= 15 is 0 Å². The number of amides is 2. The van der Waals surface area contributed by atoms with Crippen LogP contribution in [0.1, 0.15) is 56.6 Å². The summed E-state index contributed by atoms with van der Waals surface area (Å²) in [5.41, 5.74) is 1.63. The van der Waals surface area contributed by atoms with Gasteiger partial charge in [0.05, 0.1) is 16.5 Å². The van der Waals surface area contributed by atoms with Crippen LogP contribution >= 0.6 is 34.8 Å². The zero-order chi connectivity index (χ0) is 23.1. The van der Waals surface area contributed by atoms with E-state index in [1.165, 1.54) is 6.42 Å². The molecule has 1 atom stereocenters. The van der Waals surface area contributed by atoms with Gasteiger partial charge in [-0.15, -0.1) is 0 Å². The monoisotopic (exact) mass is 494 g/mol. The molecule has 1 N–H and O–H groups in total. The fourth-order valence-corrected chi connectivity index (χ4v) is 4.76. The molecule has 0 aromatic heterocycles. The Kier molecular flexibility index (Phi) is 9.27. The van der Waals surface area contributed by atoms with Crippen LogP contribution in [0.15, 0.2) is 42.5 Å². The fraction of sp³-hybridized carbons (Fsp3) is 0.440. The summed E-state index contributed by atoms with van der Waals surface area (Å²) >= 11 is 18.4.